The highest BCUT2D eigenvalue weighted by Gasteiger charge is 2.24. The molecule has 2 N–H and O–H groups in total. The highest BCUT2D eigenvalue weighted by molar-refractivity contribution is 5.94. The van der Waals surface area contributed by atoms with Crippen LogP contribution in [0.2, 0.25) is 0 Å². The SMILES string of the molecule is CC(O)(CNC(=O)c1cc(F)ccc1F)c1ccc(F)cc1. The van der Waals surface area contributed by atoms with Crippen molar-refractivity contribution >= 4 is 5.91 Å². The number of nitrogens with one attached hydrogen (secondary N) is 1. The van der Waals surface area contributed by atoms with Crippen molar-refractivity contribution in [3.8, 4) is 0 Å². The molecule has 2 aromatic rings. The van der Waals surface area contributed by atoms with Gasteiger partial charge in [-0.05, 0) is 42.8 Å². The van der Waals surface area contributed by atoms with E-state index in [0.717, 1.165) is 18.2 Å². The Bertz CT molecular complexity index is 684. The maximum absolute atomic E-state index is 13.5. The molecule has 0 heterocycles. The van der Waals surface area contributed by atoms with Crippen LogP contribution >= 0.6 is 0 Å². The van der Waals surface area contributed by atoms with E-state index in [1.165, 1.54) is 31.2 Å². The number of benzene rings is 2. The van der Waals surface area contributed by atoms with Gasteiger partial charge in [0.15, 0.2) is 0 Å². The third-order valence-electron chi connectivity index (χ3n) is 3.23. The van der Waals surface area contributed by atoms with E-state index in [2.05, 4.69) is 5.32 Å². The zero-order valence-electron chi connectivity index (χ0n) is 11.7. The predicted octanol–water partition coefficient (Wildman–Crippen LogP) is 2.74. The first-order valence-corrected chi connectivity index (χ1v) is 6.51. The van der Waals surface area contributed by atoms with E-state index < -0.39 is 34.5 Å². The monoisotopic (exact) mass is 309 g/mol. The number of carbonyl (C=O) groups is 1. The molecule has 6 heteroatoms. The standard InChI is InChI=1S/C16H14F3NO2/c1-16(22,10-2-4-11(17)5-3-10)9-20-15(21)13-8-12(18)6-7-14(13)19/h2-8,22H,9H2,1H3,(H,20,21). The summed E-state index contributed by atoms with van der Waals surface area (Å²) in [4.78, 5) is 11.9. The van der Waals surface area contributed by atoms with Crippen molar-refractivity contribution in [2.75, 3.05) is 6.54 Å². The van der Waals surface area contributed by atoms with Gasteiger partial charge < -0.3 is 10.4 Å². The third kappa shape index (κ3) is 3.65. The number of hydrogen-bond acceptors (Lipinski definition) is 2. The summed E-state index contributed by atoms with van der Waals surface area (Å²) in [6, 6.07) is 7.64. The maximum atomic E-state index is 13.5. The molecular formula is C16H14F3NO2. The van der Waals surface area contributed by atoms with E-state index in [1.807, 2.05) is 0 Å². The fourth-order valence-corrected chi connectivity index (χ4v) is 1.93. The topological polar surface area (TPSA) is 49.3 Å². The molecule has 0 spiro atoms. The number of amides is 1. The number of rotatable bonds is 4. The Balaban J connectivity index is 2.09. The number of hydrogen-bond donors (Lipinski definition) is 2. The normalized spacial score (nSPS) is 13.5. The summed E-state index contributed by atoms with van der Waals surface area (Å²) in [5.41, 5.74) is -1.54. The van der Waals surface area contributed by atoms with Gasteiger partial charge in [0.05, 0.1) is 12.1 Å². The molecule has 0 bridgehead atoms. The average Bonchev–Trinajstić information content (AvgIpc) is 2.48. The van der Waals surface area contributed by atoms with E-state index in [-0.39, 0.29) is 6.54 Å². The first-order valence-electron chi connectivity index (χ1n) is 6.51. The molecule has 116 valence electrons. The quantitative estimate of drug-likeness (QED) is 0.912. The van der Waals surface area contributed by atoms with Gasteiger partial charge in [0.2, 0.25) is 0 Å². The summed E-state index contributed by atoms with van der Waals surface area (Å²) in [6.45, 7) is 1.18. The van der Waals surface area contributed by atoms with Gasteiger partial charge in [0.1, 0.15) is 23.1 Å². The Labute approximate surface area is 125 Å². The molecule has 3 nitrogen and oxygen atoms in total. The molecule has 0 saturated carbocycles. The fraction of sp³-hybridized carbons (Fsp3) is 0.188. The van der Waals surface area contributed by atoms with Crippen LogP contribution in [0.4, 0.5) is 13.2 Å². The number of carbonyl (C=O) groups excluding carboxylic acids is 1. The van der Waals surface area contributed by atoms with Crippen molar-refractivity contribution in [3.05, 3.63) is 71.0 Å². The molecule has 1 amide bonds. The minimum absolute atomic E-state index is 0.243. The zero-order valence-corrected chi connectivity index (χ0v) is 11.7. The fourth-order valence-electron chi connectivity index (χ4n) is 1.93. The van der Waals surface area contributed by atoms with Crippen LogP contribution in [0.15, 0.2) is 42.5 Å². The summed E-state index contributed by atoms with van der Waals surface area (Å²) in [7, 11) is 0. The van der Waals surface area contributed by atoms with Crippen LogP contribution in [0.3, 0.4) is 0 Å². The summed E-state index contributed by atoms with van der Waals surface area (Å²) in [5, 5.41) is 12.6. The Morgan fingerprint density at radius 3 is 2.32 bits per heavy atom. The van der Waals surface area contributed by atoms with Gasteiger partial charge in [-0.25, -0.2) is 13.2 Å². The van der Waals surface area contributed by atoms with Crippen molar-refractivity contribution in [3.63, 3.8) is 0 Å². The van der Waals surface area contributed by atoms with E-state index in [4.69, 9.17) is 0 Å². The molecule has 0 aromatic heterocycles. The summed E-state index contributed by atoms with van der Waals surface area (Å²) in [5.74, 6) is -2.90. The molecule has 2 aromatic carbocycles. The maximum Gasteiger partial charge on any atom is 0.254 e. The predicted molar refractivity (Wildman–Crippen MR) is 74.7 cm³/mol. The van der Waals surface area contributed by atoms with E-state index >= 15 is 0 Å². The minimum Gasteiger partial charge on any atom is -0.384 e. The average molecular weight is 309 g/mol. The molecule has 0 radical (unpaired) electrons. The van der Waals surface area contributed by atoms with Crippen molar-refractivity contribution in [2.24, 2.45) is 0 Å². The number of halogens is 3. The largest absolute Gasteiger partial charge is 0.384 e. The van der Waals surface area contributed by atoms with Gasteiger partial charge in [-0.1, -0.05) is 12.1 Å². The molecule has 22 heavy (non-hydrogen) atoms. The first kappa shape index (κ1) is 16.0. The van der Waals surface area contributed by atoms with Crippen molar-refractivity contribution in [2.45, 2.75) is 12.5 Å². The van der Waals surface area contributed by atoms with Gasteiger partial charge in [-0.2, -0.15) is 0 Å². The van der Waals surface area contributed by atoms with Crippen molar-refractivity contribution in [1.82, 2.24) is 5.32 Å². The van der Waals surface area contributed by atoms with Crippen molar-refractivity contribution in [1.29, 1.82) is 0 Å². The molecule has 1 unspecified atom stereocenters. The van der Waals surface area contributed by atoms with Gasteiger partial charge in [0, 0.05) is 0 Å². The van der Waals surface area contributed by atoms with E-state index in [1.54, 1.807) is 0 Å². The molecule has 0 saturated heterocycles. The van der Waals surface area contributed by atoms with Gasteiger partial charge in [-0.15, -0.1) is 0 Å². The molecule has 1 atom stereocenters. The van der Waals surface area contributed by atoms with Crippen LogP contribution < -0.4 is 5.32 Å². The molecule has 0 aliphatic carbocycles. The third-order valence-corrected chi connectivity index (χ3v) is 3.23. The zero-order chi connectivity index (χ0) is 16.3. The summed E-state index contributed by atoms with van der Waals surface area (Å²) >= 11 is 0. The summed E-state index contributed by atoms with van der Waals surface area (Å²) in [6.07, 6.45) is 0. The smallest absolute Gasteiger partial charge is 0.254 e. The summed E-state index contributed by atoms with van der Waals surface area (Å²) < 4.78 is 39.4. The van der Waals surface area contributed by atoms with Crippen LogP contribution in [0.5, 0.6) is 0 Å². The lowest BCUT2D eigenvalue weighted by atomic mass is 9.96. The van der Waals surface area contributed by atoms with Crippen LogP contribution in [0, 0.1) is 17.5 Å². The second kappa shape index (κ2) is 6.19. The Kier molecular flexibility index (Phi) is 4.51. The molecule has 0 fully saturated rings. The molecular weight excluding hydrogens is 295 g/mol. The van der Waals surface area contributed by atoms with Gasteiger partial charge in [-0.3, -0.25) is 4.79 Å². The second-order valence-corrected chi connectivity index (χ2v) is 5.09. The minimum atomic E-state index is -1.48. The first-order chi connectivity index (χ1) is 10.3. The van der Waals surface area contributed by atoms with Crippen molar-refractivity contribution < 1.29 is 23.1 Å². The van der Waals surface area contributed by atoms with Crippen LogP contribution in [0.25, 0.3) is 0 Å². The Morgan fingerprint density at radius 1 is 1.09 bits per heavy atom. The van der Waals surface area contributed by atoms with E-state index in [0.29, 0.717) is 5.56 Å². The van der Waals surface area contributed by atoms with Crippen LogP contribution in [-0.4, -0.2) is 17.6 Å². The lowest BCUT2D eigenvalue weighted by Gasteiger charge is -2.24. The Morgan fingerprint density at radius 2 is 1.68 bits per heavy atom. The second-order valence-electron chi connectivity index (χ2n) is 5.09. The highest BCUT2D eigenvalue weighted by Crippen LogP contribution is 2.20. The van der Waals surface area contributed by atoms with E-state index in [9.17, 15) is 23.1 Å². The van der Waals surface area contributed by atoms with Crippen LogP contribution in [-0.2, 0) is 5.60 Å². The van der Waals surface area contributed by atoms with Gasteiger partial charge in [0.25, 0.3) is 5.91 Å². The number of aliphatic hydroxyl groups is 1. The highest BCUT2D eigenvalue weighted by atomic mass is 19.1. The molecule has 2 rings (SSSR count). The lowest BCUT2D eigenvalue weighted by Crippen LogP contribution is -2.38. The van der Waals surface area contributed by atoms with Gasteiger partial charge >= 0.3 is 0 Å². The van der Waals surface area contributed by atoms with Crippen LogP contribution in [0.1, 0.15) is 22.8 Å². The molecule has 0 aliphatic heterocycles. The Hall–Kier alpha value is -2.34. The lowest BCUT2D eigenvalue weighted by molar-refractivity contribution is 0.0524. The molecule has 0 aliphatic rings.